The maximum atomic E-state index is 3.85. The van der Waals surface area contributed by atoms with Gasteiger partial charge >= 0.3 is 25.8 Å². The van der Waals surface area contributed by atoms with Gasteiger partial charge in [0.2, 0.25) is 0 Å². The summed E-state index contributed by atoms with van der Waals surface area (Å²) in [5, 5.41) is 0.185. The monoisotopic (exact) mass is 548 g/mol. The van der Waals surface area contributed by atoms with Crippen molar-refractivity contribution in [3.05, 3.63) is 45.6 Å². The van der Waals surface area contributed by atoms with Crippen LogP contribution in [0, 0.1) is 12.2 Å². The molecule has 2 rings (SSSR count). The summed E-state index contributed by atoms with van der Waals surface area (Å²) >= 11 is 0. The van der Waals surface area contributed by atoms with Crippen molar-refractivity contribution in [2.75, 3.05) is 0 Å². The van der Waals surface area contributed by atoms with Crippen molar-refractivity contribution < 1.29 is 50.7 Å². The molecule has 2 atom stereocenters. The van der Waals surface area contributed by atoms with Crippen molar-refractivity contribution in [2.45, 2.75) is 78.6 Å². The van der Waals surface area contributed by atoms with E-state index in [1.807, 2.05) is 0 Å². The molecule has 24 heavy (non-hydrogen) atoms. The maximum Gasteiger partial charge on any atom is 4.00 e. The van der Waals surface area contributed by atoms with E-state index in [1.165, 1.54) is 33.4 Å². The zero-order valence-electron chi connectivity index (χ0n) is 16.8. The Morgan fingerprint density at radius 1 is 0.667 bits per heavy atom. The first-order chi connectivity index (χ1) is 9.40. The van der Waals surface area contributed by atoms with E-state index in [0.717, 1.165) is 0 Å². The van der Waals surface area contributed by atoms with Crippen LogP contribution in [0.5, 0.6) is 0 Å². The summed E-state index contributed by atoms with van der Waals surface area (Å²) in [4.78, 5) is 0. The van der Waals surface area contributed by atoms with Gasteiger partial charge < -0.3 is 24.8 Å². The van der Waals surface area contributed by atoms with E-state index in [9.17, 15) is 0 Å². The van der Waals surface area contributed by atoms with Crippen molar-refractivity contribution in [1.29, 1.82) is 0 Å². The summed E-state index contributed by atoms with van der Waals surface area (Å²) in [7, 11) is -1.76. The van der Waals surface area contributed by atoms with Crippen LogP contribution in [0.4, 0.5) is 0 Å². The van der Waals surface area contributed by atoms with Gasteiger partial charge in [0.25, 0.3) is 0 Å². The SMILES string of the molecule is CC1=[C-]C(C)([Si](C)(C)C2(C)[C-]=C(C)C(C)=C2C)C(C)=C1C.[Cl-].[Cl-].[Hf+4]. The molecule has 0 saturated heterocycles. The summed E-state index contributed by atoms with van der Waals surface area (Å²) in [5.41, 5.74) is 8.62. The van der Waals surface area contributed by atoms with Crippen LogP contribution in [0.3, 0.4) is 0 Å². The first-order valence-corrected chi connectivity index (χ1v) is 11.0. The third kappa shape index (κ3) is 3.30. The van der Waals surface area contributed by atoms with Gasteiger partial charge in [0.05, 0.1) is 0 Å². The van der Waals surface area contributed by atoms with Gasteiger partial charge in [-0.15, -0.1) is 13.8 Å². The molecular weight excluding hydrogens is 518 g/mol. The fraction of sp³-hybridized carbons (Fsp3) is 0.600. The van der Waals surface area contributed by atoms with E-state index in [-0.39, 0.29) is 60.7 Å². The van der Waals surface area contributed by atoms with Crippen LogP contribution in [0.2, 0.25) is 23.2 Å². The molecule has 0 aliphatic heterocycles. The molecule has 0 N–H and O–H groups in total. The summed E-state index contributed by atoms with van der Waals surface area (Å²) in [6.45, 7) is 23.4. The number of halogens is 2. The van der Waals surface area contributed by atoms with Crippen LogP contribution >= 0.6 is 0 Å². The normalized spacial score (nSPS) is 29.6. The molecule has 0 aromatic carbocycles. The average Bonchev–Trinajstić information content (AvgIpc) is 2.72. The van der Waals surface area contributed by atoms with Crippen LogP contribution in [-0.4, -0.2) is 8.07 Å². The van der Waals surface area contributed by atoms with Gasteiger partial charge in [-0.1, -0.05) is 64.7 Å². The minimum Gasteiger partial charge on any atom is -1.00 e. The number of hydrogen-bond donors (Lipinski definition) is 0. The van der Waals surface area contributed by atoms with Crippen LogP contribution in [-0.2, 0) is 25.8 Å². The fourth-order valence-electron chi connectivity index (χ4n) is 4.19. The van der Waals surface area contributed by atoms with Gasteiger partial charge in [0.1, 0.15) is 0 Å². The Morgan fingerprint density at radius 2 is 0.917 bits per heavy atom. The molecule has 132 valence electrons. The molecule has 2 unspecified atom stereocenters. The minimum atomic E-state index is -1.76. The molecule has 0 spiro atoms. The predicted octanol–water partition coefficient (Wildman–Crippen LogP) is 0.420. The molecule has 0 heterocycles. The Bertz CT molecular complexity index is 586. The number of allylic oxidation sites excluding steroid dienone is 8. The molecule has 4 heteroatoms. The zero-order valence-corrected chi connectivity index (χ0v) is 22.9. The summed E-state index contributed by atoms with van der Waals surface area (Å²) in [6, 6.07) is 0. The van der Waals surface area contributed by atoms with E-state index in [0.29, 0.717) is 0 Å². The molecule has 0 aromatic heterocycles. The van der Waals surface area contributed by atoms with Crippen molar-refractivity contribution in [3.8, 4) is 0 Å². The number of hydrogen-bond acceptors (Lipinski definition) is 0. The molecule has 0 fully saturated rings. The van der Waals surface area contributed by atoms with Gasteiger partial charge in [-0.25, -0.2) is 11.1 Å². The molecule has 0 nitrogen and oxygen atoms in total. The molecule has 0 radical (unpaired) electrons. The molecule has 0 aromatic rings. The van der Waals surface area contributed by atoms with Crippen molar-refractivity contribution >= 4 is 8.07 Å². The minimum absolute atomic E-state index is 0. The third-order valence-electron chi connectivity index (χ3n) is 7.12. The van der Waals surface area contributed by atoms with Crippen LogP contribution in [0.1, 0.15) is 55.4 Å². The number of rotatable bonds is 2. The Labute approximate surface area is 181 Å². The van der Waals surface area contributed by atoms with E-state index in [1.54, 1.807) is 0 Å². The van der Waals surface area contributed by atoms with Crippen molar-refractivity contribution in [2.24, 2.45) is 0 Å². The van der Waals surface area contributed by atoms with E-state index in [2.05, 4.69) is 80.6 Å². The average molecular weight is 548 g/mol. The fourth-order valence-corrected chi connectivity index (χ4v) is 8.44. The molecule has 2 aliphatic carbocycles. The van der Waals surface area contributed by atoms with E-state index in [4.69, 9.17) is 0 Å². The Balaban J connectivity index is 0. The molecule has 2 aliphatic rings. The summed E-state index contributed by atoms with van der Waals surface area (Å²) < 4.78 is 0. The second-order valence-corrected chi connectivity index (χ2v) is 13.1. The van der Waals surface area contributed by atoms with Crippen LogP contribution in [0.25, 0.3) is 0 Å². The second-order valence-electron chi connectivity index (χ2n) is 7.88. The molecule has 0 bridgehead atoms. The third-order valence-corrected chi connectivity index (χ3v) is 13.1. The van der Waals surface area contributed by atoms with Gasteiger partial charge in [-0.05, 0) is 0 Å². The van der Waals surface area contributed by atoms with Crippen LogP contribution < -0.4 is 24.8 Å². The Morgan fingerprint density at radius 3 is 1.08 bits per heavy atom. The quantitative estimate of drug-likeness (QED) is 0.347. The van der Waals surface area contributed by atoms with E-state index < -0.39 is 8.07 Å². The van der Waals surface area contributed by atoms with Crippen molar-refractivity contribution in [1.82, 2.24) is 0 Å². The first kappa shape index (κ1) is 26.9. The molecule has 0 amide bonds. The summed E-state index contributed by atoms with van der Waals surface area (Å²) in [6.07, 6.45) is 7.71. The standard InChI is InChI=1S/C20H30Si.2ClH.Hf/c1-13-11-19(7,17(5)15(13)3)21(9,10)20(8)12-14(2)16(4)18(20)6;;;/h1-10H3;2*1H;/q-2;;;+4/p-2. The topological polar surface area (TPSA) is 0 Å². The zero-order chi connectivity index (χ0) is 16.4. The maximum absolute atomic E-state index is 3.85. The second kappa shape index (κ2) is 8.11. The Kier molecular flexibility index (Phi) is 9.07. The summed E-state index contributed by atoms with van der Waals surface area (Å²) in [5.74, 6) is 0. The Hall–Kier alpha value is 0.627. The van der Waals surface area contributed by atoms with Gasteiger partial charge in [0.15, 0.2) is 0 Å². The van der Waals surface area contributed by atoms with E-state index >= 15 is 0 Å². The van der Waals surface area contributed by atoms with Gasteiger partial charge in [-0.2, -0.15) is 22.3 Å². The smallest absolute Gasteiger partial charge is 1.00 e. The largest absolute Gasteiger partial charge is 4.00 e. The van der Waals surface area contributed by atoms with Gasteiger partial charge in [-0.3, -0.25) is 12.2 Å². The first-order valence-electron chi connectivity index (χ1n) is 8.00. The molecular formula is C20H30Cl2HfSi. The molecule has 0 saturated carbocycles. The van der Waals surface area contributed by atoms with Crippen LogP contribution in [0.15, 0.2) is 33.4 Å². The predicted molar refractivity (Wildman–Crippen MR) is 95.8 cm³/mol. The van der Waals surface area contributed by atoms with Crippen molar-refractivity contribution in [3.63, 3.8) is 0 Å². The van der Waals surface area contributed by atoms with Gasteiger partial charge in [0, 0.05) is 8.07 Å².